The van der Waals surface area contributed by atoms with Gasteiger partial charge in [-0.05, 0) is 42.5 Å². The number of anilines is 1. The van der Waals surface area contributed by atoms with Crippen molar-refractivity contribution in [2.24, 2.45) is 10.2 Å². The Morgan fingerprint density at radius 3 is 2.33 bits per heavy atom. The molecule has 0 radical (unpaired) electrons. The van der Waals surface area contributed by atoms with Crippen molar-refractivity contribution in [3.63, 3.8) is 0 Å². The van der Waals surface area contributed by atoms with Crippen LogP contribution in [0.1, 0.15) is 6.42 Å². The minimum Gasteiger partial charge on any atom is -0.399 e. The van der Waals surface area contributed by atoms with Crippen LogP contribution in [0.5, 0.6) is 0 Å². The number of nitrogens with two attached hydrogens (primary N) is 1. The van der Waals surface area contributed by atoms with Gasteiger partial charge in [0.2, 0.25) is 10.0 Å². The van der Waals surface area contributed by atoms with Crippen molar-refractivity contribution in [3.8, 4) is 0 Å². The van der Waals surface area contributed by atoms with E-state index >= 15 is 0 Å². The molecule has 0 saturated heterocycles. The molecule has 2 rings (SSSR count). The number of quaternary nitrogens is 1. The Hall–Kier alpha value is -2.00. The number of sulfonamides is 1. The van der Waals surface area contributed by atoms with Crippen molar-refractivity contribution in [2.75, 3.05) is 40.0 Å². The second-order valence-electron chi connectivity index (χ2n) is 7.17. The van der Waals surface area contributed by atoms with Crippen LogP contribution < -0.4 is 10.5 Å². The lowest BCUT2D eigenvalue weighted by atomic mass is 10.3. The number of nitrogens with zero attached hydrogens (tertiary/aromatic N) is 3. The molecule has 0 unspecified atom stereocenters. The number of halogens is 1. The predicted molar refractivity (Wildman–Crippen MR) is 109 cm³/mol. The molecule has 0 aliphatic rings. The lowest BCUT2D eigenvalue weighted by Gasteiger charge is -2.23. The largest absolute Gasteiger partial charge is 0.399 e. The molecule has 0 bridgehead atoms. The zero-order valence-corrected chi connectivity index (χ0v) is 17.3. The van der Waals surface area contributed by atoms with E-state index in [9.17, 15) is 8.42 Å². The average molecular weight is 411 g/mol. The molecule has 0 fully saturated rings. The second kappa shape index (κ2) is 8.79. The summed E-state index contributed by atoms with van der Waals surface area (Å²) in [7, 11) is 2.67. The Kier molecular flexibility index (Phi) is 6.94. The van der Waals surface area contributed by atoms with Gasteiger partial charge in [-0.2, -0.15) is 5.11 Å². The van der Waals surface area contributed by atoms with E-state index in [1.165, 1.54) is 12.1 Å². The van der Waals surface area contributed by atoms with Crippen molar-refractivity contribution in [1.82, 2.24) is 4.72 Å². The molecule has 27 heavy (non-hydrogen) atoms. The maximum absolute atomic E-state index is 12.3. The molecule has 2 aromatic rings. The van der Waals surface area contributed by atoms with Crippen LogP contribution >= 0.6 is 11.6 Å². The molecule has 0 spiro atoms. The van der Waals surface area contributed by atoms with E-state index in [2.05, 4.69) is 36.1 Å². The smallest absolute Gasteiger partial charge is 0.240 e. The Bertz CT molecular complexity index is 906. The van der Waals surface area contributed by atoms with Crippen LogP contribution in [0, 0.1) is 0 Å². The minimum atomic E-state index is -3.54. The monoisotopic (exact) mass is 410 g/mol. The Morgan fingerprint density at radius 1 is 1.07 bits per heavy atom. The van der Waals surface area contributed by atoms with Gasteiger partial charge in [-0.1, -0.05) is 11.6 Å². The molecular formula is C18H25ClN5O2S+. The van der Waals surface area contributed by atoms with Crippen molar-refractivity contribution >= 4 is 38.7 Å². The molecule has 0 aliphatic heterocycles. The van der Waals surface area contributed by atoms with Crippen LogP contribution in [0.2, 0.25) is 5.02 Å². The van der Waals surface area contributed by atoms with Crippen LogP contribution in [0.15, 0.2) is 57.6 Å². The summed E-state index contributed by atoms with van der Waals surface area (Å²) in [5.74, 6) is 0. The molecule has 0 heterocycles. The van der Waals surface area contributed by atoms with E-state index in [1.54, 1.807) is 30.3 Å². The number of benzene rings is 2. The summed E-state index contributed by atoms with van der Waals surface area (Å²) < 4.78 is 28.1. The minimum absolute atomic E-state index is 0.192. The fraction of sp³-hybridized carbons (Fsp3) is 0.333. The van der Waals surface area contributed by atoms with Crippen molar-refractivity contribution in [3.05, 3.63) is 47.5 Å². The first-order valence-corrected chi connectivity index (χ1v) is 10.3. The van der Waals surface area contributed by atoms with E-state index in [1.807, 2.05) is 0 Å². The topological polar surface area (TPSA) is 96.9 Å². The molecule has 3 N–H and O–H groups in total. The van der Waals surface area contributed by atoms with Gasteiger partial charge in [0.15, 0.2) is 0 Å². The SMILES string of the molecule is C[N+](C)(C)CCCNS(=O)(=O)c1ccc(N=Nc2ccc(N)cc2Cl)cc1. The highest BCUT2D eigenvalue weighted by Gasteiger charge is 2.14. The fourth-order valence-corrected chi connectivity index (χ4v) is 3.55. The van der Waals surface area contributed by atoms with E-state index in [0.717, 1.165) is 17.4 Å². The fourth-order valence-electron chi connectivity index (χ4n) is 2.25. The third-order valence-electron chi connectivity index (χ3n) is 3.69. The van der Waals surface area contributed by atoms with Crippen LogP contribution in [-0.2, 0) is 10.0 Å². The molecule has 7 nitrogen and oxygen atoms in total. The van der Waals surface area contributed by atoms with Gasteiger partial charge in [0.1, 0.15) is 5.69 Å². The molecule has 0 saturated carbocycles. The molecule has 2 aromatic carbocycles. The third kappa shape index (κ3) is 6.91. The van der Waals surface area contributed by atoms with Crippen molar-refractivity contribution in [2.45, 2.75) is 11.3 Å². The molecule has 0 aliphatic carbocycles. The molecule has 0 amide bonds. The van der Waals surface area contributed by atoms with Crippen molar-refractivity contribution < 1.29 is 12.9 Å². The van der Waals surface area contributed by atoms with Gasteiger partial charge in [-0.3, -0.25) is 0 Å². The highest BCUT2D eigenvalue weighted by atomic mass is 35.5. The predicted octanol–water partition coefficient (Wildman–Crippen LogP) is 3.71. The number of hydrogen-bond acceptors (Lipinski definition) is 5. The van der Waals surface area contributed by atoms with Crippen LogP contribution in [0.25, 0.3) is 0 Å². The average Bonchev–Trinajstić information content (AvgIpc) is 2.58. The summed E-state index contributed by atoms with van der Waals surface area (Å²) in [5, 5.41) is 8.54. The number of nitrogen functional groups attached to an aromatic ring is 1. The summed E-state index contributed by atoms with van der Waals surface area (Å²) in [6, 6.07) is 11.1. The van der Waals surface area contributed by atoms with Gasteiger partial charge in [0, 0.05) is 18.7 Å². The van der Waals surface area contributed by atoms with E-state index in [4.69, 9.17) is 17.3 Å². The molecule has 0 aromatic heterocycles. The first kappa shape index (κ1) is 21.3. The van der Waals surface area contributed by atoms with Crippen molar-refractivity contribution in [1.29, 1.82) is 0 Å². The Labute approximate surface area is 165 Å². The van der Waals surface area contributed by atoms with Gasteiger partial charge >= 0.3 is 0 Å². The standard InChI is InChI=1S/C18H25ClN5O2S/c1-24(2,3)12-4-11-21-27(25,26)16-8-6-15(7-9-16)22-23-18-10-5-14(20)13-17(18)19/h5-10,13,21H,4,11-12,20H2,1-3H3/q+1. The summed E-state index contributed by atoms with van der Waals surface area (Å²) in [4.78, 5) is 0.192. The maximum atomic E-state index is 12.3. The van der Waals surface area contributed by atoms with Crippen LogP contribution in [0.3, 0.4) is 0 Å². The second-order valence-corrected chi connectivity index (χ2v) is 9.34. The van der Waals surface area contributed by atoms with E-state index in [0.29, 0.717) is 28.6 Å². The first-order valence-electron chi connectivity index (χ1n) is 8.44. The Balaban J connectivity index is 2.00. The molecule has 146 valence electrons. The first-order chi connectivity index (χ1) is 12.6. The summed E-state index contributed by atoms with van der Waals surface area (Å²) in [6.45, 7) is 1.28. The van der Waals surface area contributed by atoms with Gasteiger partial charge in [-0.15, -0.1) is 5.11 Å². The third-order valence-corrected chi connectivity index (χ3v) is 5.47. The molecule has 0 atom stereocenters. The van der Waals surface area contributed by atoms with Gasteiger partial charge in [0.05, 0.1) is 43.3 Å². The van der Waals surface area contributed by atoms with Gasteiger partial charge in [0.25, 0.3) is 0 Å². The summed E-state index contributed by atoms with van der Waals surface area (Å²) in [6.07, 6.45) is 0.761. The number of nitrogens with one attached hydrogen (secondary N) is 1. The highest BCUT2D eigenvalue weighted by Crippen LogP contribution is 2.28. The molecule has 9 heteroatoms. The highest BCUT2D eigenvalue weighted by molar-refractivity contribution is 7.89. The lowest BCUT2D eigenvalue weighted by molar-refractivity contribution is -0.870. The quantitative estimate of drug-likeness (QED) is 0.300. The van der Waals surface area contributed by atoms with E-state index in [-0.39, 0.29) is 4.90 Å². The normalized spacial score (nSPS) is 12.6. The number of azo groups is 1. The van der Waals surface area contributed by atoms with E-state index < -0.39 is 10.0 Å². The zero-order valence-electron chi connectivity index (χ0n) is 15.7. The van der Waals surface area contributed by atoms with Gasteiger partial charge < -0.3 is 10.2 Å². The number of rotatable bonds is 8. The summed E-state index contributed by atoms with van der Waals surface area (Å²) in [5.41, 5.74) is 7.19. The Morgan fingerprint density at radius 2 is 1.74 bits per heavy atom. The lowest BCUT2D eigenvalue weighted by Crippen LogP contribution is -2.37. The van der Waals surface area contributed by atoms with Crippen LogP contribution in [-0.4, -0.2) is 47.1 Å². The maximum Gasteiger partial charge on any atom is 0.240 e. The van der Waals surface area contributed by atoms with Crippen LogP contribution in [0.4, 0.5) is 17.1 Å². The summed E-state index contributed by atoms with van der Waals surface area (Å²) >= 11 is 6.05. The molecular weight excluding hydrogens is 386 g/mol. The number of hydrogen-bond donors (Lipinski definition) is 2. The van der Waals surface area contributed by atoms with Gasteiger partial charge in [-0.25, -0.2) is 13.1 Å². The zero-order chi connectivity index (χ0) is 20.1.